The van der Waals surface area contributed by atoms with Gasteiger partial charge in [-0.1, -0.05) is 77.5 Å². The van der Waals surface area contributed by atoms with Crippen LogP contribution in [0.15, 0.2) is 102 Å². The summed E-state index contributed by atoms with van der Waals surface area (Å²) in [7, 11) is -3.52. The predicted octanol–water partition coefficient (Wildman–Crippen LogP) is 7.36. The van der Waals surface area contributed by atoms with Crippen molar-refractivity contribution in [1.82, 2.24) is 4.90 Å². The Kier molecular flexibility index (Phi) is 9.51. The molecule has 3 aliphatic rings. The van der Waals surface area contributed by atoms with Crippen LogP contribution in [0.25, 0.3) is 0 Å². The van der Waals surface area contributed by atoms with Crippen LogP contribution in [0.3, 0.4) is 0 Å². The standard InChI is InChI=1S/C40H41BrFN3O5Si/c1-25-37(51(2,3)42)35(21-36(47)44-23-29-14-8-7-13-28(29)19-32(44)24-46)50-40(25)33-20-30(41)16-17-34(33)45(39(40)49)22-26-10-9-15-31(18-26)43-38(48)27-11-5-4-6-12-27/h4-18,20,25,32,35,37,46H,19,21-24H2,1-3H3,(H,43,48)/t25-,32+,35+,37-,40+/m1/s1. The van der Waals surface area contributed by atoms with Gasteiger partial charge in [-0.3, -0.25) is 14.4 Å². The molecule has 0 saturated carbocycles. The number of anilines is 2. The van der Waals surface area contributed by atoms with E-state index in [4.69, 9.17) is 4.74 Å². The first-order chi connectivity index (χ1) is 24.4. The number of hydrogen-bond donors (Lipinski definition) is 2. The van der Waals surface area contributed by atoms with Gasteiger partial charge in [-0.05, 0) is 78.7 Å². The summed E-state index contributed by atoms with van der Waals surface area (Å²) in [5.41, 5.74) is 3.17. The number of aliphatic hydroxyl groups is 1. The second-order valence-corrected chi connectivity index (χ2v) is 19.1. The lowest BCUT2D eigenvalue weighted by molar-refractivity contribution is -0.151. The van der Waals surface area contributed by atoms with Crippen molar-refractivity contribution < 1.29 is 28.3 Å². The summed E-state index contributed by atoms with van der Waals surface area (Å²) in [5.74, 6) is -1.34. The Morgan fingerprint density at radius 1 is 1.00 bits per heavy atom. The highest BCUT2D eigenvalue weighted by Crippen LogP contribution is 2.60. The molecule has 3 amide bonds. The van der Waals surface area contributed by atoms with Crippen LogP contribution in [0.2, 0.25) is 18.6 Å². The van der Waals surface area contributed by atoms with Crippen molar-refractivity contribution in [2.45, 2.75) is 69.2 Å². The Morgan fingerprint density at radius 2 is 1.73 bits per heavy atom. The van der Waals surface area contributed by atoms with E-state index in [0.29, 0.717) is 35.5 Å². The number of carbonyl (C=O) groups excluding carboxylic acids is 3. The summed E-state index contributed by atoms with van der Waals surface area (Å²) in [6.45, 7) is 5.47. The highest BCUT2D eigenvalue weighted by molar-refractivity contribution is 9.10. The predicted molar refractivity (Wildman–Crippen MR) is 200 cm³/mol. The van der Waals surface area contributed by atoms with Crippen LogP contribution >= 0.6 is 15.9 Å². The number of benzene rings is 4. The number of nitrogens with zero attached hydrogens (tertiary/aromatic N) is 2. The molecule has 51 heavy (non-hydrogen) atoms. The maximum Gasteiger partial charge on any atom is 0.264 e. The zero-order valence-electron chi connectivity index (χ0n) is 28.8. The molecule has 0 unspecified atom stereocenters. The zero-order valence-corrected chi connectivity index (χ0v) is 31.4. The summed E-state index contributed by atoms with van der Waals surface area (Å²) < 4.78 is 24.1. The van der Waals surface area contributed by atoms with E-state index < -0.39 is 37.6 Å². The highest BCUT2D eigenvalue weighted by Gasteiger charge is 2.67. The third kappa shape index (κ3) is 6.45. The van der Waals surface area contributed by atoms with E-state index in [2.05, 4.69) is 21.2 Å². The molecule has 4 aromatic rings. The molecule has 11 heteroatoms. The van der Waals surface area contributed by atoms with Gasteiger partial charge in [0.1, 0.15) is 0 Å². The first-order valence-corrected chi connectivity index (χ1v) is 21.1. The average molecular weight is 771 g/mol. The lowest BCUT2D eigenvalue weighted by Gasteiger charge is -2.37. The third-order valence-electron chi connectivity index (χ3n) is 10.7. The number of ether oxygens (including phenoxy) is 1. The van der Waals surface area contributed by atoms with Crippen molar-refractivity contribution in [3.8, 4) is 0 Å². The third-order valence-corrected chi connectivity index (χ3v) is 13.7. The fraction of sp³-hybridized carbons (Fsp3) is 0.325. The van der Waals surface area contributed by atoms with Crippen molar-refractivity contribution in [1.29, 1.82) is 0 Å². The lowest BCUT2D eigenvalue weighted by atomic mass is 9.82. The molecule has 0 aliphatic carbocycles. The van der Waals surface area contributed by atoms with Gasteiger partial charge in [0, 0.05) is 39.3 Å². The van der Waals surface area contributed by atoms with Gasteiger partial charge in [-0.15, -0.1) is 0 Å². The smallest absolute Gasteiger partial charge is 0.264 e. The fourth-order valence-electron chi connectivity index (χ4n) is 8.43. The molecule has 4 aromatic carbocycles. The Balaban J connectivity index is 1.19. The number of amides is 3. The van der Waals surface area contributed by atoms with Gasteiger partial charge in [-0.2, -0.15) is 0 Å². The first-order valence-electron chi connectivity index (χ1n) is 17.3. The maximum absolute atomic E-state index is 16.5. The minimum atomic E-state index is -3.52. The van der Waals surface area contributed by atoms with E-state index in [1.165, 1.54) is 0 Å². The van der Waals surface area contributed by atoms with Crippen molar-refractivity contribution in [2.24, 2.45) is 5.92 Å². The number of fused-ring (bicyclic) bond motifs is 3. The molecule has 0 radical (unpaired) electrons. The van der Waals surface area contributed by atoms with Gasteiger partial charge in [0.05, 0.1) is 37.4 Å². The number of carbonyl (C=O) groups is 3. The molecule has 264 valence electrons. The summed E-state index contributed by atoms with van der Waals surface area (Å²) in [6.07, 6.45) is -0.415. The summed E-state index contributed by atoms with van der Waals surface area (Å²) in [4.78, 5) is 45.2. The zero-order chi connectivity index (χ0) is 36.1. The molecular formula is C40H41BrFN3O5Si. The second kappa shape index (κ2) is 13.8. The average Bonchev–Trinajstić information content (AvgIpc) is 3.53. The monoisotopic (exact) mass is 769 g/mol. The second-order valence-electron chi connectivity index (χ2n) is 14.4. The van der Waals surface area contributed by atoms with Gasteiger partial charge >= 0.3 is 0 Å². The van der Waals surface area contributed by atoms with E-state index in [0.717, 1.165) is 21.2 Å². The number of halogens is 2. The van der Waals surface area contributed by atoms with Gasteiger partial charge in [0.15, 0.2) is 5.60 Å². The SMILES string of the molecule is C[C@@H]1[C@@H]([Si](C)(C)F)[C@H](CC(=O)N2Cc3ccccc3C[C@H]2CO)O[C@@]12C(=O)N(Cc1cccc(NC(=O)c3ccccc3)c1)c1ccc(Br)cc12. The molecule has 0 aromatic heterocycles. The van der Waals surface area contributed by atoms with Gasteiger partial charge in [0.2, 0.25) is 14.3 Å². The van der Waals surface area contributed by atoms with Crippen molar-refractivity contribution >= 4 is 53.4 Å². The van der Waals surface area contributed by atoms with Crippen LogP contribution < -0.4 is 10.2 Å². The van der Waals surface area contributed by atoms with Crippen LogP contribution in [-0.2, 0) is 39.4 Å². The number of nitrogens with one attached hydrogen (secondary N) is 1. The van der Waals surface area contributed by atoms with Gasteiger partial charge in [-0.25, -0.2) is 0 Å². The Bertz CT molecular complexity index is 1990. The highest BCUT2D eigenvalue weighted by atomic mass is 79.9. The topological polar surface area (TPSA) is 99.2 Å². The van der Waals surface area contributed by atoms with Crippen LogP contribution in [0, 0.1) is 5.92 Å². The molecule has 2 N–H and O–H groups in total. The molecule has 0 bridgehead atoms. The molecule has 5 atom stereocenters. The molecule has 7 rings (SSSR count). The summed E-state index contributed by atoms with van der Waals surface area (Å²) in [5, 5.41) is 13.2. The molecule has 8 nitrogen and oxygen atoms in total. The van der Waals surface area contributed by atoms with Crippen LogP contribution in [0.4, 0.5) is 15.5 Å². The molecule has 1 fully saturated rings. The fourth-order valence-corrected chi connectivity index (χ4v) is 11.3. The van der Waals surface area contributed by atoms with Crippen molar-refractivity contribution in [3.05, 3.63) is 129 Å². The minimum absolute atomic E-state index is 0.102. The summed E-state index contributed by atoms with van der Waals surface area (Å²) in [6, 6.07) is 29.4. The molecule has 3 heterocycles. The van der Waals surface area contributed by atoms with E-state index >= 15 is 4.11 Å². The summed E-state index contributed by atoms with van der Waals surface area (Å²) >= 11 is 3.59. The van der Waals surface area contributed by atoms with E-state index in [9.17, 15) is 19.5 Å². The van der Waals surface area contributed by atoms with Gasteiger partial charge in [0.25, 0.3) is 11.8 Å². The minimum Gasteiger partial charge on any atom is -0.394 e. The van der Waals surface area contributed by atoms with Crippen LogP contribution in [0.1, 0.15) is 46.0 Å². The normalized spacial score (nSPS) is 24.1. The Labute approximate surface area is 306 Å². The van der Waals surface area contributed by atoms with Crippen LogP contribution in [0.5, 0.6) is 0 Å². The van der Waals surface area contributed by atoms with Crippen molar-refractivity contribution in [3.63, 3.8) is 0 Å². The lowest BCUT2D eigenvalue weighted by Crippen LogP contribution is -2.48. The largest absolute Gasteiger partial charge is 0.394 e. The Morgan fingerprint density at radius 3 is 2.45 bits per heavy atom. The molecule has 1 saturated heterocycles. The number of hydrogen-bond acceptors (Lipinski definition) is 5. The first kappa shape index (κ1) is 35.2. The number of aliphatic hydroxyl groups excluding tert-OH is 1. The number of rotatable bonds is 8. The van der Waals surface area contributed by atoms with E-state index in [1.807, 2.05) is 73.7 Å². The van der Waals surface area contributed by atoms with E-state index in [1.54, 1.807) is 53.2 Å². The molecule has 1 spiro atoms. The van der Waals surface area contributed by atoms with Gasteiger partial charge < -0.3 is 29.1 Å². The van der Waals surface area contributed by atoms with Crippen molar-refractivity contribution in [2.75, 3.05) is 16.8 Å². The molecule has 3 aliphatic heterocycles. The maximum atomic E-state index is 16.5. The molecular weight excluding hydrogens is 729 g/mol. The quantitative estimate of drug-likeness (QED) is 0.144. The Hall–Kier alpha value is -4.16. The van der Waals surface area contributed by atoms with E-state index in [-0.39, 0.29) is 37.3 Å². The van der Waals surface area contributed by atoms with Crippen LogP contribution in [-0.4, -0.2) is 54.9 Å².